The molecule has 0 aliphatic heterocycles. The zero-order chi connectivity index (χ0) is 16.1. The third-order valence-electron chi connectivity index (χ3n) is 3.14. The maximum atomic E-state index is 13.7. The first-order valence-corrected chi connectivity index (χ1v) is 8.73. The first kappa shape index (κ1) is 17.0. The average Bonchev–Trinajstić information content (AvgIpc) is 2.47. The van der Waals surface area contributed by atoms with E-state index in [1.807, 2.05) is 32.0 Å². The van der Waals surface area contributed by atoms with Crippen molar-refractivity contribution in [3.05, 3.63) is 63.9 Å². The Morgan fingerprint density at radius 3 is 2.77 bits per heavy atom. The molecule has 22 heavy (non-hydrogen) atoms. The van der Waals surface area contributed by atoms with E-state index in [2.05, 4.69) is 27.3 Å². The van der Waals surface area contributed by atoms with Crippen LogP contribution in [0.15, 0.2) is 46.9 Å². The monoisotopic (exact) mass is 381 g/mol. The van der Waals surface area contributed by atoms with Crippen LogP contribution in [0.2, 0.25) is 0 Å². The molecular weight excluding hydrogens is 365 g/mol. The van der Waals surface area contributed by atoms with Gasteiger partial charge in [-0.2, -0.15) is 0 Å². The van der Waals surface area contributed by atoms with Crippen molar-refractivity contribution in [2.75, 3.05) is 5.32 Å². The number of rotatable bonds is 5. The van der Waals surface area contributed by atoms with Crippen LogP contribution in [-0.4, -0.2) is 11.2 Å². The van der Waals surface area contributed by atoms with Crippen LogP contribution in [0, 0.1) is 12.7 Å². The van der Waals surface area contributed by atoms with E-state index < -0.39 is 5.82 Å². The van der Waals surface area contributed by atoms with Gasteiger partial charge >= 0.3 is 0 Å². The minimum Gasteiger partial charge on any atom is -0.323 e. The summed E-state index contributed by atoms with van der Waals surface area (Å²) in [6.45, 7) is 3.87. The lowest BCUT2D eigenvalue weighted by atomic mass is 10.2. The van der Waals surface area contributed by atoms with Crippen molar-refractivity contribution in [1.29, 1.82) is 0 Å². The maximum absolute atomic E-state index is 13.7. The molecule has 2 aromatic carbocycles. The molecule has 2 rings (SSSR count). The Morgan fingerprint density at radius 2 is 2.09 bits per heavy atom. The summed E-state index contributed by atoms with van der Waals surface area (Å²) in [6, 6.07) is 12.8. The number of amides is 1. The number of thioether (sulfide) groups is 1. The molecule has 0 saturated carbocycles. The SMILES string of the molecule is Cc1cccc(CSC(C)C(=O)Nc2ccc(Br)cc2F)c1. The summed E-state index contributed by atoms with van der Waals surface area (Å²) in [5.74, 6) is 0.108. The lowest BCUT2D eigenvalue weighted by Crippen LogP contribution is -2.23. The van der Waals surface area contributed by atoms with Gasteiger partial charge in [0.25, 0.3) is 0 Å². The fourth-order valence-corrected chi connectivity index (χ4v) is 3.09. The summed E-state index contributed by atoms with van der Waals surface area (Å²) in [5.41, 5.74) is 2.59. The lowest BCUT2D eigenvalue weighted by Gasteiger charge is -2.13. The highest BCUT2D eigenvalue weighted by atomic mass is 79.9. The molecule has 1 atom stereocenters. The van der Waals surface area contributed by atoms with Gasteiger partial charge in [0, 0.05) is 10.2 Å². The van der Waals surface area contributed by atoms with Crippen LogP contribution in [-0.2, 0) is 10.5 Å². The Bertz CT molecular complexity index is 677. The summed E-state index contributed by atoms with van der Waals surface area (Å²) < 4.78 is 14.4. The molecule has 0 heterocycles. The summed E-state index contributed by atoms with van der Waals surface area (Å²) in [7, 11) is 0. The van der Waals surface area contributed by atoms with E-state index in [-0.39, 0.29) is 16.8 Å². The Kier molecular flexibility index (Phi) is 6.03. The van der Waals surface area contributed by atoms with Crippen LogP contribution in [0.5, 0.6) is 0 Å². The first-order valence-electron chi connectivity index (χ1n) is 6.89. The second-order valence-corrected chi connectivity index (χ2v) is 7.30. The van der Waals surface area contributed by atoms with Gasteiger partial charge in [-0.15, -0.1) is 11.8 Å². The van der Waals surface area contributed by atoms with Crippen molar-refractivity contribution in [3.8, 4) is 0 Å². The minimum absolute atomic E-state index is 0.195. The van der Waals surface area contributed by atoms with Gasteiger partial charge in [0.15, 0.2) is 0 Å². The third kappa shape index (κ3) is 4.85. The molecule has 2 aromatic rings. The van der Waals surface area contributed by atoms with E-state index in [4.69, 9.17) is 0 Å². The van der Waals surface area contributed by atoms with Gasteiger partial charge in [0.1, 0.15) is 5.82 Å². The second kappa shape index (κ2) is 7.79. The second-order valence-electron chi connectivity index (χ2n) is 5.06. The van der Waals surface area contributed by atoms with Gasteiger partial charge in [0.05, 0.1) is 10.9 Å². The van der Waals surface area contributed by atoms with Gasteiger partial charge in [0.2, 0.25) is 5.91 Å². The number of benzene rings is 2. The van der Waals surface area contributed by atoms with Crippen molar-refractivity contribution in [2.24, 2.45) is 0 Å². The Morgan fingerprint density at radius 1 is 1.32 bits per heavy atom. The molecule has 0 aliphatic carbocycles. The average molecular weight is 382 g/mol. The molecule has 0 fully saturated rings. The van der Waals surface area contributed by atoms with E-state index in [1.54, 1.807) is 12.1 Å². The number of nitrogens with one attached hydrogen (secondary N) is 1. The number of hydrogen-bond donors (Lipinski definition) is 1. The van der Waals surface area contributed by atoms with Crippen LogP contribution in [0.25, 0.3) is 0 Å². The number of hydrogen-bond acceptors (Lipinski definition) is 2. The van der Waals surface area contributed by atoms with E-state index in [0.717, 1.165) is 5.75 Å². The van der Waals surface area contributed by atoms with Crippen LogP contribution < -0.4 is 5.32 Å². The minimum atomic E-state index is -0.446. The van der Waals surface area contributed by atoms with E-state index in [1.165, 1.54) is 29.0 Å². The van der Waals surface area contributed by atoms with Crippen LogP contribution in [0.3, 0.4) is 0 Å². The number of carbonyl (C=O) groups is 1. The smallest absolute Gasteiger partial charge is 0.237 e. The highest BCUT2D eigenvalue weighted by Gasteiger charge is 2.15. The molecule has 116 valence electrons. The predicted octanol–water partition coefficient (Wildman–Crippen LogP) is 5.16. The molecule has 0 saturated heterocycles. The molecule has 0 aromatic heterocycles. The molecular formula is C17H17BrFNOS. The fraction of sp³-hybridized carbons (Fsp3) is 0.235. The summed E-state index contributed by atoms with van der Waals surface area (Å²) in [4.78, 5) is 12.1. The highest BCUT2D eigenvalue weighted by Crippen LogP contribution is 2.22. The molecule has 5 heteroatoms. The van der Waals surface area contributed by atoms with E-state index >= 15 is 0 Å². The van der Waals surface area contributed by atoms with Gasteiger partial charge in [-0.05, 0) is 37.6 Å². The first-order chi connectivity index (χ1) is 10.5. The highest BCUT2D eigenvalue weighted by molar-refractivity contribution is 9.10. The summed E-state index contributed by atoms with van der Waals surface area (Å²) in [6.07, 6.45) is 0. The predicted molar refractivity (Wildman–Crippen MR) is 94.7 cm³/mol. The van der Waals surface area contributed by atoms with Gasteiger partial charge < -0.3 is 5.32 Å². The number of anilines is 1. The number of aryl methyl sites for hydroxylation is 1. The Hall–Kier alpha value is -1.33. The Balaban J connectivity index is 1.92. The van der Waals surface area contributed by atoms with Crippen LogP contribution in [0.1, 0.15) is 18.1 Å². The van der Waals surface area contributed by atoms with Crippen molar-refractivity contribution in [1.82, 2.24) is 0 Å². The quantitative estimate of drug-likeness (QED) is 0.774. The molecule has 1 amide bonds. The molecule has 0 bridgehead atoms. The zero-order valence-electron chi connectivity index (χ0n) is 12.4. The lowest BCUT2D eigenvalue weighted by molar-refractivity contribution is -0.115. The van der Waals surface area contributed by atoms with Crippen molar-refractivity contribution in [2.45, 2.75) is 24.9 Å². The van der Waals surface area contributed by atoms with Crippen molar-refractivity contribution >= 4 is 39.3 Å². The summed E-state index contributed by atoms with van der Waals surface area (Å²) >= 11 is 4.72. The molecule has 1 unspecified atom stereocenters. The fourth-order valence-electron chi connectivity index (χ4n) is 1.92. The van der Waals surface area contributed by atoms with Crippen molar-refractivity contribution in [3.63, 3.8) is 0 Å². The standard InChI is InChI=1S/C17H17BrFNOS/c1-11-4-3-5-13(8-11)10-22-12(2)17(21)20-16-7-6-14(18)9-15(16)19/h3-9,12H,10H2,1-2H3,(H,20,21). The van der Waals surface area contributed by atoms with E-state index in [0.29, 0.717) is 4.47 Å². The molecule has 0 radical (unpaired) electrons. The van der Waals surface area contributed by atoms with Crippen LogP contribution in [0.4, 0.5) is 10.1 Å². The summed E-state index contributed by atoms with van der Waals surface area (Å²) in [5, 5.41) is 2.37. The van der Waals surface area contributed by atoms with Crippen LogP contribution >= 0.6 is 27.7 Å². The topological polar surface area (TPSA) is 29.1 Å². The molecule has 2 nitrogen and oxygen atoms in total. The van der Waals surface area contributed by atoms with Gasteiger partial charge in [-0.3, -0.25) is 4.79 Å². The zero-order valence-corrected chi connectivity index (χ0v) is 14.8. The van der Waals surface area contributed by atoms with E-state index in [9.17, 15) is 9.18 Å². The number of halogens is 2. The molecule has 0 aliphatic rings. The van der Waals surface area contributed by atoms with Crippen molar-refractivity contribution < 1.29 is 9.18 Å². The largest absolute Gasteiger partial charge is 0.323 e. The normalized spacial score (nSPS) is 12.0. The maximum Gasteiger partial charge on any atom is 0.237 e. The third-order valence-corrected chi connectivity index (χ3v) is 4.85. The molecule has 0 spiro atoms. The molecule has 1 N–H and O–H groups in total. The Labute approximate surface area is 142 Å². The van der Waals surface area contributed by atoms with Gasteiger partial charge in [-0.1, -0.05) is 45.8 Å². The van der Waals surface area contributed by atoms with Gasteiger partial charge in [-0.25, -0.2) is 4.39 Å². The number of carbonyl (C=O) groups excluding carboxylic acids is 1.